The number of para-hydroxylation sites is 1. The Morgan fingerprint density at radius 3 is 2.78 bits per heavy atom. The van der Waals surface area contributed by atoms with Crippen molar-refractivity contribution >= 4 is 16.8 Å². The molecule has 2 heterocycles. The Morgan fingerprint density at radius 1 is 1.19 bits per heavy atom. The Bertz CT molecular complexity index is 1050. The van der Waals surface area contributed by atoms with Crippen molar-refractivity contribution in [1.82, 2.24) is 9.88 Å². The maximum atomic E-state index is 12.8. The van der Waals surface area contributed by atoms with Gasteiger partial charge in [0.25, 0.3) is 5.91 Å². The molecule has 0 radical (unpaired) electrons. The van der Waals surface area contributed by atoms with E-state index in [4.69, 9.17) is 4.74 Å². The normalized spacial score (nSPS) is 12.8. The van der Waals surface area contributed by atoms with Crippen LogP contribution in [0.2, 0.25) is 0 Å². The van der Waals surface area contributed by atoms with E-state index in [1.165, 1.54) is 5.56 Å². The third-order valence-corrected chi connectivity index (χ3v) is 5.13. The lowest BCUT2D eigenvalue weighted by atomic mass is 10.00. The molecule has 3 aromatic rings. The number of pyridine rings is 1. The number of nitrogens with one attached hydrogen (secondary N) is 1. The van der Waals surface area contributed by atoms with Gasteiger partial charge in [-0.05, 0) is 48.6 Å². The molecule has 1 aromatic heterocycles. The van der Waals surface area contributed by atoms with E-state index in [0.717, 1.165) is 36.2 Å². The van der Waals surface area contributed by atoms with Gasteiger partial charge in [0.2, 0.25) is 5.43 Å². The van der Waals surface area contributed by atoms with E-state index in [0.29, 0.717) is 18.4 Å². The number of ether oxygens (including phenoxy) is 1. The van der Waals surface area contributed by atoms with Crippen LogP contribution >= 0.6 is 0 Å². The Kier molecular flexibility index (Phi) is 4.67. The second kappa shape index (κ2) is 7.27. The first-order chi connectivity index (χ1) is 13.2. The monoisotopic (exact) mass is 362 g/mol. The number of nitrogens with zero attached hydrogens (tertiary/aromatic N) is 1. The molecule has 1 aliphatic rings. The Balaban J connectivity index is 1.53. The Labute approximate surface area is 157 Å². The van der Waals surface area contributed by atoms with E-state index in [9.17, 15) is 9.59 Å². The Hall–Kier alpha value is -3.08. The average molecular weight is 362 g/mol. The van der Waals surface area contributed by atoms with Gasteiger partial charge in [0.1, 0.15) is 11.3 Å². The smallest absolute Gasteiger partial charge is 0.256 e. The minimum Gasteiger partial charge on any atom is -0.497 e. The largest absolute Gasteiger partial charge is 0.497 e. The molecule has 27 heavy (non-hydrogen) atoms. The highest BCUT2D eigenvalue weighted by Gasteiger charge is 2.19. The number of hydrogen-bond donors (Lipinski definition) is 1. The summed E-state index contributed by atoms with van der Waals surface area (Å²) in [5.41, 5.74) is 3.29. The Morgan fingerprint density at radius 2 is 2.00 bits per heavy atom. The first-order valence-electron chi connectivity index (χ1n) is 9.23. The van der Waals surface area contributed by atoms with Gasteiger partial charge in [-0.25, -0.2) is 0 Å². The van der Waals surface area contributed by atoms with Crippen molar-refractivity contribution < 1.29 is 9.53 Å². The zero-order valence-corrected chi connectivity index (χ0v) is 15.3. The van der Waals surface area contributed by atoms with Crippen molar-refractivity contribution in [2.24, 2.45) is 0 Å². The van der Waals surface area contributed by atoms with Crippen molar-refractivity contribution in [3.8, 4) is 5.75 Å². The molecular formula is C22H22N2O3. The van der Waals surface area contributed by atoms with Gasteiger partial charge in [0.15, 0.2) is 0 Å². The van der Waals surface area contributed by atoms with Crippen LogP contribution in [-0.4, -0.2) is 24.1 Å². The number of carbonyl (C=O) groups excluding carboxylic acids is 1. The highest BCUT2D eigenvalue weighted by molar-refractivity contribution is 5.97. The molecule has 5 nitrogen and oxygen atoms in total. The number of methoxy groups -OCH3 is 1. The molecule has 0 unspecified atom stereocenters. The maximum absolute atomic E-state index is 12.8. The number of amides is 1. The zero-order valence-electron chi connectivity index (χ0n) is 15.3. The first-order valence-corrected chi connectivity index (χ1v) is 9.23. The van der Waals surface area contributed by atoms with E-state index in [-0.39, 0.29) is 16.9 Å². The van der Waals surface area contributed by atoms with Crippen LogP contribution in [0, 0.1) is 0 Å². The summed E-state index contributed by atoms with van der Waals surface area (Å²) in [5, 5.41) is 3.52. The van der Waals surface area contributed by atoms with E-state index in [1.807, 2.05) is 41.0 Å². The van der Waals surface area contributed by atoms with Crippen LogP contribution in [0.4, 0.5) is 0 Å². The lowest BCUT2D eigenvalue weighted by Gasteiger charge is -2.20. The number of hydrogen-bond acceptors (Lipinski definition) is 3. The third-order valence-electron chi connectivity index (χ3n) is 5.13. The van der Waals surface area contributed by atoms with Crippen LogP contribution in [-0.2, 0) is 19.4 Å². The van der Waals surface area contributed by atoms with Gasteiger partial charge in [0, 0.05) is 24.7 Å². The average Bonchev–Trinajstić information content (AvgIpc) is 2.71. The minimum absolute atomic E-state index is 0.188. The van der Waals surface area contributed by atoms with E-state index < -0.39 is 0 Å². The predicted octanol–water partition coefficient (Wildman–Crippen LogP) is 2.93. The molecule has 138 valence electrons. The maximum Gasteiger partial charge on any atom is 0.256 e. The number of aryl methyl sites for hydroxylation is 2. The first kappa shape index (κ1) is 17.3. The number of rotatable bonds is 5. The molecule has 1 aliphatic heterocycles. The van der Waals surface area contributed by atoms with Crippen LogP contribution < -0.4 is 15.5 Å². The van der Waals surface area contributed by atoms with Crippen molar-refractivity contribution in [2.45, 2.75) is 25.8 Å². The summed E-state index contributed by atoms with van der Waals surface area (Å²) in [7, 11) is 1.63. The molecule has 5 heteroatoms. The highest BCUT2D eigenvalue weighted by Crippen LogP contribution is 2.23. The molecular weight excluding hydrogens is 340 g/mol. The van der Waals surface area contributed by atoms with Gasteiger partial charge in [-0.1, -0.05) is 24.3 Å². The van der Waals surface area contributed by atoms with Crippen molar-refractivity contribution in [1.29, 1.82) is 0 Å². The number of carbonyl (C=O) groups is 1. The molecule has 0 fully saturated rings. The minimum atomic E-state index is -0.310. The van der Waals surface area contributed by atoms with Crippen molar-refractivity contribution in [3.63, 3.8) is 0 Å². The standard InChI is InChI=1S/C22H22N2O3/c1-27-17-9-7-15(8-10-17)11-12-23-22(26)19-14-24-13-3-5-16-4-2-6-18(20(16)24)21(19)25/h2,4,6-10,14H,3,5,11-13H2,1H3,(H,23,26). The summed E-state index contributed by atoms with van der Waals surface area (Å²) in [4.78, 5) is 25.5. The summed E-state index contributed by atoms with van der Waals surface area (Å²) < 4.78 is 7.20. The summed E-state index contributed by atoms with van der Waals surface area (Å²) in [6, 6.07) is 13.5. The second-order valence-corrected chi connectivity index (χ2v) is 6.84. The molecule has 4 rings (SSSR count). The summed E-state index contributed by atoms with van der Waals surface area (Å²) in [6.07, 6.45) is 4.41. The van der Waals surface area contributed by atoms with Crippen LogP contribution in [0.15, 0.2) is 53.5 Å². The fraction of sp³-hybridized carbons (Fsp3) is 0.273. The SMILES string of the molecule is COc1ccc(CCNC(=O)c2cn3c4c(cccc4c2=O)CCC3)cc1. The van der Waals surface area contributed by atoms with Crippen LogP contribution in [0.1, 0.15) is 27.9 Å². The van der Waals surface area contributed by atoms with Crippen LogP contribution in [0.5, 0.6) is 5.75 Å². The van der Waals surface area contributed by atoms with Crippen LogP contribution in [0.25, 0.3) is 10.9 Å². The second-order valence-electron chi connectivity index (χ2n) is 6.84. The quantitative estimate of drug-likeness (QED) is 0.759. The zero-order chi connectivity index (χ0) is 18.8. The van der Waals surface area contributed by atoms with Gasteiger partial charge >= 0.3 is 0 Å². The molecule has 0 saturated heterocycles. The molecule has 1 amide bonds. The summed E-state index contributed by atoms with van der Waals surface area (Å²) in [6.45, 7) is 1.31. The van der Waals surface area contributed by atoms with Gasteiger partial charge in [-0.15, -0.1) is 0 Å². The molecule has 0 saturated carbocycles. The molecule has 0 spiro atoms. The third kappa shape index (κ3) is 3.33. The summed E-state index contributed by atoms with van der Waals surface area (Å²) >= 11 is 0. The predicted molar refractivity (Wildman–Crippen MR) is 106 cm³/mol. The molecule has 1 N–H and O–H groups in total. The lowest BCUT2D eigenvalue weighted by molar-refractivity contribution is 0.0952. The van der Waals surface area contributed by atoms with Crippen molar-refractivity contribution in [2.75, 3.05) is 13.7 Å². The highest BCUT2D eigenvalue weighted by atomic mass is 16.5. The van der Waals surface area contributed by atoms with E-state index in [2.05, 4.69) is 11.4 Å². The van der Waals surface area contributed by atoms with E-state index >= 15 is 0 Å². The molecule has 0 bridgehead atoms. The van der Waals surface area contributed by atoms with Gasteiger partial charge in [0.05, 0.1) is 12.6 Å². The molecule has 2 aromatic carbocycles. The van der Waals surface area contributed by atoms with Crippen molar-refractivity contribution in [3.05, 3.63) is 75.6 Å². The fourth-order valence-corrected chi connectivity index (χ4v) is 3.73. The van der Waals surface area contributed by atoms with Gasteiger partial charge in [-0.3, -0.25) is 9.59 Å². The van der Waals surface area contributed by atoms with Crippen LogP contribution in [0.3, 0.4) is 0 Å². The van der Waals surface area contributed by atoms with Gasteiger partial charge < -0.3 is 14.6 Å². The van der Waals surface area contributed by atoms with E-state index in [1.54, 1.807) is 13.3 Å². The molecule has 0 aliphatic carbocycles. The number of aromatic nitrogens is 1. The number of benzene rings is 2. The lowest BCUT2D eigenvalue weighted by Crippen LogP contribution is -2.31. The van der Waals surface area contributed by atoms with Gasteiger partial charge in [-0.2, -0.15) is 0 Å². The topological polar surface area (TPSA) is 60.3 Å². The molecule has 0 atom stereocenters. The summed E-state index contributed by atoms with van der Waals surface area (Å²) in [5.74, 6) is 0.496. The fourth-order valence-electron chi connectivity index (χ4n) is 3.73.